The van der Waals surface area contributed by atoms with Crippen molar-refractivity contribution in [1.82, 2.24) is 0 Å². The standard InChI is InChI=1S/C14H20O4/c1-3-17-14(16)13-11-6-4-5-10(18-9(2)15)7-8-12(11)13/h4-5,10-13H,3,6-8H2,1-2H3/b5-4+/t10-,11-,12+,13+/m1/s1. The largest absolute Gasteiger partial charge is 0.466 e. The second-order valence-corrected chi connectivity index (χ2v) is 4.99. The van der Waals surface area contributed by atoms with E-state index in [2.05, 4.69) is 0 Å². The molecule has 1 saturated carbocycles. The van der Waals surface area contributed by atoms with Gasteiger partial charge < -0.3 is 9.47 Å². The Morgan fingerprint density at radius 3 is 2.72 bits per heavy atom. The third-order valence-corrected chi connectivity index (χ3v) is 3.75. The number of fused-ring (bicyclic) bond motifs is 1. The zero-order valence-corrected chi connectivity index (χ0v) is 10.9. The highest BCUT2D eigenvalue weighted by Crippen LogP contribution is 2.53. The van der Waals surface area contributed by atoms with E-state index in [0.717, 1.165) is 19.3 Å². The summed E-state index contributed by atoms with van der Waals surface area (Å²) in [5.41, 5.74) is 0. The van der Waals surface area contributed by atoms with Crippen LogP contribution in [0.3, 0.4) is 0 Å². The second kappa shape index (κ2) is 5.55. The zero-order chi connectivity index (χ0) is 13.1. The van der Waals surface area contributed by atoms with Crippen LogP contribution in [0.1, 0.15) is 33.1 Å². The van der Waals surface area contributed by atoms with Crippen LogP contribution in [0.2, 0.25) is 0 Å². The third kappa shape index (κ3) is 2.92. The molecule has 2 aliphatic rings. The molecule has 0 aliphatic heterocycles. The summed E-state index contributed by atoms with van der Waals surface area (Å²) in [5, 5.41) is 0. The highest BCUT2D eigenvalue weighted by atomic mass is 16.5. The number of hydrogen-bond acceptors (Lipinski definition) is 4. The molecule has 4 heteroatoms. The van der Waals surface area contributed by atoms with Gasteiger partial charge in [-0.2, -0.15) is 0 Å². The van der Waals surface area contributed by atoms with Crippen LogP contribution in [0.25, 0.3) is 0 Å². The average molecular weight is 252 g/mol. The van der Waals surface area contributed by atoms with Crippen molar-refractivity contribution in [3.63, 3.8) is 0 Å². The Hall–Kier alpha value is -1.32. The van der Waals surface area contributed by atoms with Crippen LogP contribution >= 0.6 is 0 Å². The Bertz CT molecular complexity index is 361. The summed E-state index contributed by atoms with van der Waals surface area (Å²) in [4.78, 5) is 22.7. The minimum Gasteiger partial charge on any atom is -0.466 e. The number of carbonyl (C=O) groups excluding carboxylic acids is 2. The number of rotatable bonds is 3. The Balaban J connectivity index is 1.89. The lowest BCUT2D eigenvalue weighted by atomic mass is 10.0. The minimum atomic E-state index is -0.250. The van der Waals surface area contributed by atoms with Crippen LogP contribution in [0.4, 0.5) is 0 Å². The van der Waals surface area contributed by atoms with Crippen molar-refractivity contribution < 1.29 is 19.1 Å². The number of hydrogen-bond donors (Lipinski definition) is 0. The summed E-state index contributed by atoms with van der Waals surface area (Å²) in [7, 11) is 0. The maximum atomic E-state index is 11.7. The molecular formula is C14H20O4. The molecule has 0 amide bonds. The van der Waals surface area contributed by atoms with Crippen molar-refractivity contribution in [2.75, 3.05) is 6.61 Å². The molecular weight excluding hydrogens is 232 g/mol. The summed E-state index contributed by atoms with van der Waals surface area (Å²) in [6, 6.07) is 0. The minimum absolute atomic E-state index is 0.0608. The second-order valence-electron chi connectivity index (χ2n) is 4.99. The molecule has 4 nitrogen and oxygen atoms in total. The van der Waals surface area contributed by atoms with Crippen molar-refractivity contribution in [1.29, 1.82) is 0 Å². The summed E-state index contributed by atoms with van der Waals surface area (Å²) in [6.07, 6.45) is 6.45. The molecule has 0 spiro atoms. The van der Waals surface area contributed by atoms with Crippen LogP contribution in [-0.4, -0.2) is 24.6 Å². The molecule has 0 unspecified atom stereocenters. The van der Waals surface area contributed by atoms with Crippen molar-refractivity contribution in [2.45, 2.75) is 39.2 Å². The van der Waals surface area contributed by atoms with Gasteiger partial charge in [-0.1, -0.05) is 6.08 Å². The van der Waals surface area contributed by atoms with E-state index < -0.39 is 0 Å². The first-order valence-electron chi connectivity index (χ1n) is 6.64. The summed E-state index contributed by atoms with van der Waals surface area (Å²) in [5.74, 6) is 0.586. The molecule has 1 fully saturated rings. The van der Waals surface area contributed by atoms with Gasteiger partial charge in [0.05, 0.1) is 12.5 Å². The quantitative estimate of drug-likeness (QED) is 0.570. The van der Waals surface area contributed by atoms with Crippen LogP contribution in [-0.2, 0) is 19.1 Å². The zero-order valence-electron chi connectivity index (χ0n) is 10.9. The first kappa shape index (κ1) is 13.1. The fraction of sp³-hybridized carbons (Fsp3) is 0.714. The van der Waals surface area contributed by atoms with Crippen molar-refractivity contribution in [2.24, 2.45) is 17.8 Å². The molecule has 0 aromatic heterocycles. The van der Waals surface area contributed by atoms with Gasteiger partial charge in [-0.15, -0.1) is 0 Å². The van der Waals surface area contributed by atoms with Crippen LogP contribution in [0, 0.1) is 17.8 Å². The lowest BCUT2D eigenvalue weighted by molar-refractivity contribution is -0.146. The highest BCUT2D eigenvalue weighted by molar-refractivity contribution is 5.76. The Morgan fingerprint density at radius 1 is 1.28 bits per heavy atom. The smallest absolute Gasteiger partial charge is 0.309 e. The van der Waals surface area contributed by atoms with E-state index in [1.165, 1.54) is 6.92 Å². The lowest BCUT2D eigenvalue weighted by Gasteiger charge is -2.14. The van der Waals surface area contributed by atoms with Gasteiger partial charge in [0.2, 0.25) is 0 Å². The van der Waals surface area contributed by atoms with Gasteiger partial charge in [0.25, 0.3) is 0 Å². The molecule has 0 radical (unpaired) electrons. The maximum Gasteiger partial charge on any atom is 0.309 e. The van der Waals surface area contributed by atoms with E-state index in [0.29, 0.717) is 18.4 Å². The van der Waals surface area contributed by atoms with Gasteiger partial charge in [0.15, 0.2) is 0 Å². The molecule has 0 bridgehead atoms. The molecule has 4 atom stereocenters. The monoisotopic (exact) mass is 252 g/mol. The van der Waals surface area contributed by atoms with Crippen LogP contribution < -0.4 is 0 Å². The number of allylic oxidation sites excluding steroid dienone is 1. The van der Waals surface area contributed by atoms with E-state index >= 15 is 0 Å². The Kier molecular flexibility index (Phi) is 4.04. The van der Waals surface area contributed by atoms with Crippen molar-refractivity contribution in [3.8, 4) is 0 Å². The van der Waals surface area contributed by atoms with E-state index in [1.807, 2.05) is 19.1 Å². The Morgan fingerprint density at radius 2 is 2.06 bits per heavy atom. The normalized spacial score (nSPS) is 35.7. The average Bonchev–Trinajstić information content (AvgIpc) is 2.94. The number of carbonyl (C=O) groups is 2. The van der Waals surface area contributed by atoms with Crippen LogP contribution in [0.5, 0.6) is 0 Å². The van der Waals surface area contributed by atoms with Crippen LogP contribution in [0.15, 0.2) is 12.2 Å². The highest BCUT2D eigenvalue weighted by Gasteiger charge is 2.54. The molecule has 0 N–H and O–H groups in total. The topological polar surface area (TPSA) is 52.6 Å². The van der Waals surface area contributed by atoms with Gasteiger partial charge in [0.1, 0.15) is 6.10 Å². The molecule has 2 rings (SSSR count). The summed E-state index contributed by atoms with van der Waals surface area (Å²) < 4.78 is 10.3. The van der Waals surface area contributed by atoms with E-state index in [9.17, 15) is 9.59 Å². The molecule has 18 heavy (non-hydrogen) atoms. The van der Waals surface area contributed by atoms with E-state index in [4.69, 9.17) is 9.47 Å². The van der Waals surface area contributed by atoms with Gasteiger partial charge in [-0.05, 0) is 44.1 Å². The molecule has 0 aromatic rings. The van der Waals surface area contributed by atoms with Gasteiger partial charge in [0, 0.05) is 6.92 Å². The number of esters is 2. The SMILES string of the molecule is CCOC(=O)[C@H]1[C@@H]2C/C=C/[C@@H](OC(C)=O)CC[C@@H]21. The third-order valence-electron chi connectivity index (χ3n) is 3.75. The predicted octanol–water partition coefficient (Wildman–Crippen LogP) is 2.08. The molecule has 0 heterocycles. The first-order valence-corrected chi connectivity index (χ1v) is 6.64. The Labute approximate surface area is 107 Å². The molecule has 100 valence electrons. The summed E-state index contributed by atoms with van der Waals surface area (Å²) >= 11 is 0. The van der Waals surface area contributed by atoms with Gasteiger partial charge >= 0.3 is 11.9 Å². The molecule has 2 aliphatic carbocycles. The van der Waals surface area contributed by atoms with Crippen molar-refractivity contribution in [3.05, 3.63) is 12.2 Å². The lowest BCUT2D eigenvalue weighted by Crippen LogP contribution is -2.15. The molecule has 0 aromatic carbocycles. The first-order chi connectivity index (χ1) is 8.63. The summed E-state index contributed by atoms with van der Waals surface area (Å²) in [6.45, 7) is 3.70. The fourth-order valence-electron chi connectivity index (χ4n) is 2.90. The van der Waals surface area contributed by atoms with Gasteiger partial charge in [-0.25, -0.2) is 0 Å². The fourth-order valence-corrected chi connectivity index (χ4v) is 2.90. The van der Waals surface area contributed by atoms with E-state index in [-0.39, 0.29) is 24.0 Å². The van der Waals surface area contributed by atoms with Gasteiger partial charge in [-0.3, -0.25) is 9.59 Å². The molecule has 0 saturated heterocycles. The van der Waals surface area contributed by atoms with Crippen molar-refractivity contribution >= 4 is 11.9 Å². The maximum absolute atomic E-state index is 11.7. The van der Waals surface area contributed by atoms with E-state index in [1.54, 1.807) is 0 Å². The predicted molar refractivity (Wildman–Crippen MR) is 65.6 cm³/mol. The number of ether oxygens (including phenoxy) is 2.